The minimum Gasteiger partial charge on any atom is -0.465 e. The van der Waals surface area contributed by atoms with E-state index in [1.165, 1.54) is 6.08 Å². The van der Waals surface area contributed by atoms with Gasteiger partial charge in [0.15, 0.2) is 0 Å². The lowest BCUT2D eigenvalue weighted by atomic mass is 9.83. The smallest absolute Gasteiger partial charge is 0.465 e. The van der Waals surface area contributed by atoms with E-state index in [9.17, 15) is 31.5 Å². The van der Waals surface area contributed by atoms with Crippen molar-refractivity contribution in [3.05, 3.63) is 11.8 Å². The maximum atomic E-state index is 12.4. The van der Waals surface area contributed by atoms with Crippen molar-refractivity contribution in [1.29, 1.82) is 0 Å². The standard InChI is InChI=1S/C12H18F3NO5S/c1-11(2,3)9-7-8(5-4-6-16(9)10(17)18)21-22(19,20)12(13,14)15/h5,9H,4,6-7H2,1-3H3,(H,17,18). The Morgan fingerprint density at radius 3 is 2.32 bits per heavy atom. The number of alkyl halides is 3. The predicted octanol–water partition coefficient (Wildman–Crippen LogP) is 2.93. The average molecular weight is 345 g/mol. The summed E-state index contributed by atoms with van der Waals surface area (Å²) in [6, 6.07) is -0.706. The fourth-order valence-corrected chi connectivity index (χ4v) is 2.68. The second-order valence-corrected chi connectivity index (χ2v) is 7.54. The highest BCUT2D eigenvalue weighted by molar-refractivity contribution is 7.87. The van der Waals surface area contributed by atoms with E-state index in [4.69, 9.17) is 0 Å². The summed E-state index contributed by atoms with van der Waals surface area (Å²) < 4.78 is 63.5. The molecule has 1 rings (SSSR count). The molecule has 0 saturated heterocycles. The molecule has 1 heterocycles. The Labute approximate surface area is 126 Å². The van der Waals surface area contributed by atoms with Crippen LogP contribution >= 0.6 is 0 Å². The van der Waals surface area contributed by atoms with Gasteiger partial charge in [0, 0.05) is 19.0 Å². The molecule has 1 unspecified atom stereocenters. The third-order valence-electron chi connectivity index (χ3n) is 3.26. The van der Waals surface area contributed by atoms with E-state index in [1.54, 1.807) is 20.8 Å². The molecular formula is C12H18F3NO5S. The summed E-state index contributed by atoms with van der Waals surface area (Å²) in [5, 5.41) is 9.21. The second-order valence-electron chi connectivity index (χ2n) is 6.00. The van der Waals surface area contributed by atoms with E-state index in [2.05, 4.69) is 4.18 Å². The molecule has 1 amide bonds. The van der Waals surface area contributed by atoms with Gasteiger partial charge in [-0.1, -0.05) is 20.8 Å². The summed E-state index contributed by atoms with van der Waals surface area (Å²) >= 11 is 0. The van der Waals surface area contributed by atoms with Gasteiger partial charge in [-0.05, 0) is 17.9 Å². The minimum absolute atomic E-state index is 0.0518. The van der Waals surface area contributed by atoms with E-state index < -0.39 is 33.2 Å². The van der Waals surface area contributed by atoms with Gasteiger partial charge in [0.1, 0.15) is 5.76 Å². The van der Waals surface area contributed by atoms with Crippen LogP contribution in [0.1, 0.15) is 33.6 Å². The van der Waals surface area contributed by atoms with Gasteiger partial charge in [-0.25, -0.2) is 4.79 Å². The number of hydrogen-bond acceptors (Lipinski definition) is 4. The third kappa shape index (κ3) is 4.28. The van der Waals surface area contributed by atoms with Crippen molar-refractivity contribution in [2.75, 3.05) is 6.54 Å². The number of carbonyl (C=O) groups is 1. The molecule has 6 nitrogen and oxygen atoms in total. The molecule has 22 heavy (non-hydrogen) atoms. The van der Waals surface area contributed by atoms with Crippen molar-refractivity contribution in [3.8, 4) is 0 Å². The second kappa shape index (κ2) is 5.98. The van der Waals surface area contributed by atoms with Crippen molar-refractivity contribution in [2.45, 2.75) is 45.2 Å². The highest BCUT2D eigenvalue weighted by Crippen LogP contribution is 2.34. The Bertz CT molecular complexity index is 562. The van der Waals surface area contributed by atoms with Gasteiger partial charge in [0.05, 0.1) is 0 Å². The van der Waals surface area contributed by atoms with Gasteiger partial charge in [-0.15, -0.1) is 0 Å². The monoisotopic (exact) mass is 345 g/mol. The predicted molar refractivity (Wildman–Crippen MR) is 71.4 cm³/mol. The lowest BCUT2D eigenvalue weighted by molar-refractivity contribution is -0.0525. The lowest BCUT2D eigenvalue weighted by Crippen LogP contribution is -2.47. The van der Waals surface area contributed by atoms with Gasteiger partial charge in [0.25, 0.3) is 0 Å². The van der Waals surface area contributed by atoms with Gasteiger partial charge < -0.3 is 14.2 Å². The number of amides is 1. The highest BCUT2D eigenvalue weighted by Gasteiger charge is 2.49. The van der Waals surface area contributed by atoms with Crippen molar-refractivity contribution < 1.29 is 35.7 Å². The molecule has 1 aliphatic rings. The van der Waals surface area contributed by atoms with Crippen LogP contribution in [-0.2, 0) is 14.3 Å². The molecule has 0 spiro atoms. The van der Waals surface area contributed by atoms with E-state index in [-0.39, 0.29) is 25.1 Å². The Morgan fingerprint density at radius 1 is 1.36 bits per heavy atom. The fraction of sp³-hybridized carbons (Fsp3) is 0.750. The maximum absolute atomic E-state index is 12.4. The minimum atomic E-state index is -5.75. The number of rotatable bonds is 2. The quantitative estimate of drug-likeness (QED) is 0.614. The number of nitrogens with zero attached hydrogens (tertiary/aromatic N) is 1. The van der Waals surface area contributed by atoms with Crippen LogP contribution in [0, 0.1) is 5.41 Å². The molecule has 0 fully saturated rings. The summed E-state index contributed by atoms with van der Waals surface area (Å²) in [7, 11) is -5.75. The van der Waals surface area contributed by atoms with Crippen LogP contribution in [0.3, 0.4) is 0 Å². The number of carboxylic acid groups (broad SMARTS) is 1. The summed E-state index contributed by atoms with van der Waals surface area (Å²) in [5.41, 5.74) is -6.13. The molecule has 0 aromatic rings. The molecule has 0 saturated carbocycles. The summed E-state index contributed by atoms with van der Waals surface area (Å²) in [5.74, 6) is -0.388. The zero-order valence-corrected chi connectivity index (χ0v) is 13.2. The Balaban J connectivity index is 3.06. The first-order valence-electron chi connectivity index (χ1n) is 6.45. The average Bonchev–Trinajstić information content (AvgIpc) is 2.48. The first-order valence-corrected chi connectivity index (χ1v) is 7.86. The zero-order valence-electron chi connectivity index (χ0n) is 12.3. The van der Waals surface area contributed by atoms with Gasteiger partial charge in [-0.2, -0.15) is 21.6 Å². The van der Waals surface area contributed by atoms with Crippen LogP contribution in [0.25, 0.3) is 0 Å². The van der Waals surface area contributed by atoms with Crippen molar-refractivity contribution in [1.82, 2.24) is 4.90 Å². The van der Waals surface area contributed by atoms with Gasteiger partial charge >= 0.3 is 21.7 Å². The fourth-order valence-electron chi connectivity index (χ4n) is 2.16. The third-order valence-corrected chi connectivity index (χ3v) is 4.26. The molecule has 1 atom stereocenters. The van der Waals surface area contributed by atoms with E-state index in [0.717, 1.165) is 4.90 Å². The molecule has 0 radical (unpaired) electrons. The van der Waals surface area contributed by atoms with Crippen LogP contribution in [0.2, 0.25) is 0 Å². The first-order chi connectivity index (χ1) is 9.75. The first kappa shape index (κ1) is 18.6. The Hall–Kier alpha value is -1.45. The zero-order chi connectivity index (χ0) is 17.3. The van der Waals surface area contributed by atoms with E-state index in [0.29, 0.717) is 0 Å². The number of hydrogen-bond donors (Lipinski definition) is 1. The SMILES string of the molecule is CC(C)(C)C1CC(OS(=O)(=O)C(F)(F)F)=CCCN1C(=O)O. The van der Waals surface area contributed by atoms with Crippen LogP contribution < -0.4 is 0 Å². The molecular weight excluding hydrogens is 327 g/mol. The van der Waals surface area contributed by atoms with Crippen LogP contribution in [0.15, 0.2) is 11.8 Å². The van der Waals surface area contributed by atoms with Crippen LogP contribution in [-0.4, -0.2) is 42.6 Å². The van der Waals surface area contributed by atoms with Gasteiger partial charge in [0.2, 0.25) is 0 Å². The lowest BCUT2D eigenvalue weighted by Gasteiger charge is -2.37. The maximum Gasteiger partial charge on any atom is 0.534 e. The topological polar surface area (TPSA) is 83.9 Å². The normalized spacial score (nSPS) is 21.1. The largest absolute Gasteiger partial charge is 0.534 e. The molecule has 128 valence electrons. The molecule has 10 heteroatoms. The Morgan fingerprint density at radius 2 is 1.91 bits per heavy atom. The molecule has 0 aromatic heterocycles. The van der Waals surface area contributed by atoms with E-state index in [1.807, 2.05) is 0 Å². The Kier molecular flexibility index (Phi) is 5.05. The number of halogens is 3. The van der Waals surface area contributed by atoms with Gasteiger partial charge in [-0.3, -0.25) is 0 Å². The summed E-state index contributed by atoms with van der Waals surface area (Å²) in [6.07, 6.45) is -0.203. The summed E-state index contributed by atoms with van der Waals surface area (Å²) in [6.45, 7) is 5.20. The molecule has 1 N–H and O–H groups in total. The van der Waals surface area contributed by atoms with E-state index >= 15 is 0 Å². The van der Waals surface area contributed by atoms with Crippen LogP contribution in [0.4, 0.5) is 18.0 Å². The summed E-state index contributed by atoms with van der Waals surface area (Å²) in [4.78, 5) is 12.4. The molecule has 0 aliphatic carbocycles. The molecule has 0 bridgehead atoms. The molecule has 0 aromatic carbocycles. The van der Waals surface area contributed by atoms with Crippen molar-refractivity contribution in [3.63, 3.8) is 0 Å². The highest BCUT2D eigenvalue weighted by atomic mass is 32.2. The van der Waals surface area contributed by atoms with Crippen molar-refractivity contribution >= 4 is 16.2 Å². The van der Waals surface area contributed by atoms with Crippen molar-refractivity contribution in [2.24, 2.45) is 5.41 Å². The van der Waals surface area contributed by atoms with Crippen LogP contribution in [0.5, 0.6) is 0 Å². The molecule has 1 aliphatic heterocycles.